The predicted molar refractivity (Wildman–Crippen MR) is 399 cm³/mol. The van der Waals surface area contributed by atoms with Gasteiger partial charge in [0.25, 0.3) is 29.1 Å². The molecule has 0 radical (unpaired) electrons. The number of nitrogens with zero attached hydrogens (tertiary/aromatic N) is 6. The van der Waals surface area contributed by atoms with Crippen molar-refractivity contribution in [3.8, 4) is 0 Å². The maximum Gasteiger partial charge on any atom is 0.353 e. The molecule has 572 valence electrons. The van der Waals surface area contributed by atoms with Crippen LogP contribution in [0.15, 0.2) is 109 Å². The van der Waals surface area contributed by atoms with E-state index < -0.39 is 116 Å². The van der Waals surface area contributed by atoms with Gasteiger partial charge in [0, 0.05) is 36.0 Å². The van der Waals surface area contributed by atoms with E-state index in [1.165, 1.54) is 48.1 Å². The van der Waals surface area contributed by atoms with Crippen LogP contribution in [0, 0.1) is 56.7 Å². The van der Waals surface area contributed by atoms with Crippen molar-refractivity contribution in [1.29, 1.82) is 0 Å². The van der Waals surface area contributed by atoms with Crippen LogP contribution in [0.3, 0.4) is 0 Å². The van der Waals surface area contributed by atoms with Gasteiger partial charge in [-0.3, -0.25) is 78.6 Å². The second kappa shape index (κ2) is 36.7. The number of nitro groups is 2. The number of carbonyl (C=O) groups is 10. The number of cyclic esters (lactones) is 1. The molecule has 0 spiro atoms. The van der Waals surface area contributed by atoms with Crippen LogP contribution in [0.25, 0.3) is 34.0 Å². The molecule has 4 aromatic carbocycles. The van der Waals surface area contributed by atoms with Gasteiger partial charge in [0.05, 0.1) is 55.2 Å². The Morgan fingerprint density at radius 3 is 1.90 bits per heavy atom. The third-order valence-electron chi connectivity index (χ3n) is 18.0. The first-order valence-corrected chi connectivity index (χ1v) is 34.7. The van der Waals surface area contributed by atoms with Gasteiger partial charge in [0.1, 0.15) is 41.4 Å². The van der Waals surface area contributed by atoms with Crippen molar-refractivity contribution in [2.45, 2.75) is 179 Å². The minimum Gasteiger partial charge on any atom is -0.481 e. The molecule has 2 saturated heterocycles. The molecule has 30 nitrogen and oxygen atoms in total. The molecule has 0 unspecified atom stereocenters. The van der Waals surface area contributed by atoms with Crippen molar-refractivity contribution < 1.29 is 77.5 Å². The van der Waals surface area contributed by atoms with Crippen LogP contribution in [0.5, 0.6) is 0 Å². The topological polar surface area (TPSA) is 420 Å². The van der Waals surface area contributed by atoms with Crippen LogP contribution < -0.4 is 32.1 Å². The molecule has 30 heteroatoms. The zero-order valence-corrected chi connectivity index (χ0v) is 61.7. The Morgan fingerprint density at radius 1 is 0.738 bits per heavy atom. The fourth-order valence-electron chi connectivity index (χ4n) is 11.4. The number of amides is 6. The van der Waals surface area contributed by atoms with Crippen LogP contribution in [0.4, 0.5) is 11.4 Å². The van der Waals surface area contributed by atoms with Crippen LogP contribution in [0.2, 0.25) is 0 Å². The number of carboxylic acids is 1. The highest BCUT2D eigenvalue weighted by atomic mass is 16.6. The summed E-state index contributed by atoms with van der Waals surface area (Å²) in [6.45, 7) is 24.2. The Hall–Kier alpha value is -11.2. The smallest absolute Gasteiger partial charge is 0.353 e. The lowest BCUT2D eigenvalue weighted by atomic mass is 9.92. The number of pyridine rings is 2. The zero-order valence-electron chi connectivity index (χ0n) is 61.7. The van der Waals surface area contributed by atoms with E-state index in [-0.39, 0.29) is 65.3 Å². The number of carbonyl (C=O) groups excluding carboxylic acids is 9. The highest BCUT2D eigenvalue weighted by Gasteiger charge is 2.38. The summed E-state index contributed by atoms with van der Waals surface area (Å²) < 4.78 is 10.4. The van der Waals surface area contributed by atoms with Crippen LogP contribution in [-0.2, 0) is 47.8 Å². The highest BCUT2D eigenvalue weighted by molar-refractivity contribution is 6.07. The molecule has 2 aromatic heterocycles. The van der Waals surface area contributed by atoms with Crippen molar-refractivity contribution in [2.24, 2.45) is 22.7 Å². The van der Waals surface area contributed by atoms with Crippen molar-refractivity contribution in [3.05, 3.63) is 174 Å². The summed E-state index contributed by atoms with van der Waals surface area (Å²) in [7, 11) is 0. The second-order valence-electron chi connectivity index (χ2n) is 28.2. The normalized spacial score (nSPS) is 19.5. The molecule has 5 bridgehead atoms. The molecule has 6 amide bonds. The largest absolute Gasteiger partial charge is 0.481 e. The molecule has 107 heavy (non-hydrogen) atoms. The molecular weight excluding hydrogens is 1380 g/mol. The fraction of sp³-hybridized carbons (Fsp3) is 0.429. The Kier molecular flexibility index (Phi) is 29.0. The Morgan fingerprint density at radius 2 is 1.31 bits per heavy atom. The highest BCUT2D eigenvalue weighted by Crippen LogP contribution is 2.30. The second-order valence-corrected chi connectivity index (χ2v) is 28.2. The number of aromatic nitrogens is 2. The van der Waals surface area contributed by atoms with Crippen molar-refractivity contribution in [1.82, 2.24) is 52.1 Å². The number of hydrogen-bond acceptors (Lipinski definition) is 21. The van der Waals surface area contributed by atoms with E-state index in [0.29, 0.717) is 55.7 Å². The van der Waals surface area contributed by atoms with E-state index in [9.17, 15) is 78.4 Å². The third kappa shape index (κ3) is 21.9. The first-order chi connectivity index (χ1) is 49.8. The van der Waals surface area contributed by atoms with Gasteiger partial charge in [-0.15, -0.1) is 0 Å². The van der Waals surface area contributed by atoms with E-state index in [1.807, 2.05) is 80.6 Å². The van der Waals surface area contributed by atoms with E-state index in [4.69, 9.17) is 14.7 Å². The molecule has 0 saturated carbocycles. The Labute approximate surface area is 620 Å². The summed E-state index contributed by atoms with van der Waals surface area (Å²) in [5.41, 5.74) is 7.15. The minimum absolute atomic E-state index is 0. The fourth-order valence-corrected chi connectivity index (χ4v) is 11.4. The molecule has 0 aliphatic carbocycles. The van der Waals surface area contributed by atoms with Crippen molar-refractivity contribution in [3.63, 3.8) is 0 Å². The summed E-state index contributed by atoms with van der Waals surface area (Å²) in [6, 6.07) is 23.2. The lowest BCUT2D eigenvalue weighted by Crippen LogP contribution is -2.61. The number of hydrogen-bond donors (Lipinski definition) is 8. The number of benzene rings is 4. The van der Waals surface area contributed by atoms with Gasteiger partial charge in [-0.1, -0.05) is 120 Å². The van der Waals surface area contributed by atoms with E-state index in [2.05, 4.69) is 36.9 Å². The summed E-state index contributed by atoms with van der Waals surface area (Å²) in [6.07, 6.45) is 6.98. The Balaban J connectivity index is 0.000000258. The molecule has 8 N–H and O–H groups in total. The minimum atomic E-state index is -1.24. The number of fused-ring (bicyclic) bond motifs is 5. The van der Waals surface area contributed by atoms with E-state index in [1.54, 1.807) is 87.5 Å². The lowest BCUT2D eigenvalue weighted by Gasteiger charge is -2.35. The number of ether oxygens (including phenoxy) is 2. The number of nitrogens with one attached hydrogen (secondary N) is 6. The van der Waals surface area contributed by atoms with Crippen LogP contribution in [-0.4, -0.2) is 149 Å². The Bertz CT molecular complexity index is 4360. The van der Waals surface area contributed by atoms with Crippen molar-refractivity contribution in [2.75, 3.05) is 13.1 Å². The molecule has 3 aliphatic rings. The number of esters is 3. The van der Waals surface area contributed by atoms with Gasteiger partial charge in [0.15, 0.2) is 6.10 Å². The summed E-state index contributed by atoms with van der Waals surface area (Å²) >= 11 is 0. The third-order valence-corrected chi connectivity index (χ3v) is 18.0. The number of nitro benzene ring substituents is 2. The van der Waals surface area contributed by atoms with Gasteiger partial charge in [0.2, 0.25) is 17.7 Å². The molecular formula is C77H96N12O18. The van der Waals surface area contributed by atoms with Crippen LogP contribution >= 0.6 is 0 Å². The summed E-state index contributed by atoms with van der Waals surface area (Å²) in [5.74, 6) is -7.02. The number of carboxylic acid groups (broad SMARTS) is 1. The van der Waals surface area contributed by atoms with Gasteiger partial charge in [-0.2, -0.15) is 0 Å². The molecule has 2 fully saturated rings. The number of aryl methyl sites for hydroxylation is 2. The maximum absolute atomic E-state index is 13.2. The molecule has 9 rings (SSSR count). The SMILES string of the molecule is C.CC(C)[C@@H]1OC(=O)C(C)(C)/C=C/c2ccc3ccc(nc3c2)[C@@H](C)NC(=O)[C@@H]2CCCN(N2)C(=O)[C@H](C)NC1=O.CC(C)[C@H](O)C(=O)N[C@@H](C)C(=O)N1CCC[C@@H](C(=O)N[C@H](C)c2ccc3ccc(/C=C/C(C)(C)C(=O)O)cc3n2)N1.Cc1cccc([N+](=O)[O-])c1C(=O)OC(=O)c1c(C)cccc1[N+](=O)[O-]. The first-order valence-electron chi connectivity index (χ1n) is 34.7. The van der Waals surface area contributed by atoms with Gasteiger partial charge < -0.3 is 41.0 Å². The standard InChI is InChI=1S/C30H41N5O6.C30H39N5O5.C16H12N2O7.CH4/c1-17(2)25(36)27(38)32-19(4)28(39)35-15-7-8-23(34-35)26(37)31-18(3)22-12-11-21-10-9-20(16-24(21)33-22)13-14-30(5,6)29(40)41;1-17(2)25-27(37)32-19(4)28(38)35-15-7-8-23(34-35)26(36)31-18(3)22-12-11-21-10-9-20(16-24(21)33-22)13-14-30(5,6)29(39)40-25;1-9-5-3-7-11(17(21)22)13(9)15(19)25-16(20)14-10(2)6-4-8-12(14)18(23)24;/h9-14,16-19,23,25,34,36H,7-8,15H2,1-6H3,(H,31,37)(H,32,38)(H,40,41);9-14,16-19,23,25,34H,7-8,15H2,1-6H3,(H,31,36)(H,32,37);3-8H,1-2H3;1H4/b2*14-13+;;/t2*18-,19+,23+,25+;;/m11../s1. The average Bonchev–Trinajstić information content (AvgIpc) is 1.18. The quantitative estimate of drug-likeness (QED) is 0.0205. The van der Waals surface area contributed by atoms with Gasteiger partial charge in [-0.25, -0.2) is 20.4 Å². The molecule has 5 heterocycles. The number of aliphatic hydroxyl groups excluding tert-OH is 1. The summed E-state index contributed by atoms with van der Waals surface area (Å²) in [4.78, 5) is 157. The number of hydrazine groups is 2. The van der Waals surface area contributed by atoms with E-state index in [0.717, 1.165) is 39.5 Å². The first kappa shape index (κ1) is 84.7. The number of rotatable bonds is 15. The average molecular weight is 1480 g/mol. The summed E-state index contributed by atoms with van der Waals surface area (Å²) in [5, 5.41) is 57.2. The number of aliphatic carboxylic acids is 1. The lowest BCUT2D eigenvalue weighted by molar-refractivity contribution is -0.385. The predicted octanol–water partition coefficient (Wildman–Crippen LogP) is 9.34. The number of aliphatic hydroxyl groups is 1. The van der Waals surface area contributed by atoms with Gasteiger partial charge in [-0.05, 0) is 153 Å². The molecule has 6 aromatic rings. The zero-order chi connectivity index (χ0) is 78.4. The van der Waals surface area contributed by atoms with Crippen molar-refractivity contribution >= 4 is 105 Å². The molecule has 3 aliphatic heterocycles. The van der Waals surface area contributed by atoms with Crippen LogP contribution in [0.1, 0.15) is 183 Å². The van der Waals surface area contributed by atoms with Gasteiger partial charge >= 0.3 is 23.9 Å². The molecule has 8 atom stereocenters. The monoisotopic (exact) mass is 1480 g/mol. The maximum atomic E-state index is 13.2. The van der Waals surface area contributed by atoms with E-state index >= 15 is 0 Å².